The van der Waals surface area contributed by atoms with Crippen molar-refractivity contribution in [2.75, 3.05) is 0 Å². The maximum Gasteiger partial charge on any atom is 0.166 e. The summed E-state index contributed by atoms with van der Waals surface area (Å²) in [5, 5.41) is 1.14. The van der Waals surface area contributed by atoms with E-state index in [4.69, 9.17) is 0 Å². The van der Waals surface area contributed by atoms with Crippen LogP contribution >= 0.6 is 0 Å². The van der Waals surface area contributed by atoms with E-state index in [0.717, 1.165) is 29.2 Å². The van der Waals surface area contributed by atoms with Gasteiger partial charge >= 0.3 is 0 Å². The fraction of sp³-hybridized carbons (Fsp3) is 0.214. The van der Waals surface area contributed by atoms with Crippen LogP contribution < -0.4 is 0 Å². The minimum Gasteiger partial charge on any atom is -0.352 e. The topological polar surface area (TPSA) is 32.9 Å². The van der Waals surface area contributed by atoms with Crippen LogP contribution in [0.2, 0.25) is 0 Å². The average molecular weight is 213 g/mol. The number of aromatic nitrogens is 1. The molecule has 82 valence electrons. The molecule has 0 aliphatic heterocycles. The first-order valence-electron chi connectivity index (χ1n) is 5.40. The van der Waals surface area contributed by atoms with E-state index in [9.17, 15) is 4.79 Å². The first-order chi connectivity index (χ1) is 7.72. The molecule has 0 saturated heterocycles. The van der Waals surface area contributed by atoms with Crippen molar-refractivity contribution in [1.29, 1.82) is 0 Å². The summed E-state index contributed by atoms with van der Waals surface area (Å²) in [4.78, 5) is 14.1. The van der Waals surface area contributed by atoms with Crippen LogP contribution in [0.5, 0.6) is 0 Å². The zero-order chi connectivity index (χ0) is 11.5. The Labute approximate surface area is 95.0 Å². The largest absolute Gasteiger partial charge is 0.352 e. The second-order valence-corrected chi connectivity index (χ2v) is 4.17. The Morgan fingerprint density at radius 1 is 1.31 bits per heavy atom. The van der Waals surface area contributed by atoms with Gasteiger partial charge in [0.1, 0.15) is 0 Å². The predicted molar refractivity (Wildman–Crippen MR) is 66.8 cm³/mol. The van der Waals surface area contributed by atoms with E-state index in [1.165, 1.54) is 5.57 Å². The number of rotatable bonds is 3. The van der Waals surface area contributed by atoms with Crippen LogP contribution in [-0.4, -0.2) is 11.3 Å². The highest BCUT2D eigenvalue weighted by atomic mass is 16.1. The molecule has 2 nitrogen and oxygen atoms in total. The van der Waals surface area contributed by atoms with E-state index in [-0.39, 0.29) is 0 Å². The second-order valence-electron chi connectivity index (χ2n) is 4.17. The molecule has 0 fully saturated rings. The smallest absolute Gasteiger partial charge is 0.166 e. The number of aromatic amines is 1. The third kappa shape index (κ3) is 1.91. The average Bonchev–Trinajstić information content (AvgIpc) is 2.64. The number of fused-ring (bicyclic) bond motifs is 1. The standard InChI is InChI=1S/C14H15NO/c1-10(2)7-8-12-11-5-3-4-6-13(11)15-14(12)9-16/h3-7,9,15H,8H2,1-2H3. The summed E-state index contributed by atoms with van der Waals surface area (Å²) in [5.41, 5.74) is 4.08. The highest BCUT2D eigenvalue weighted by Crippen LogP contribution is 2.22. The van der Waals surface area contributed by atoms with Gasteiger partial charge < -0.3 is 4.98 Å². The molecule has 0 radical (unpaired) electrons. The van der Waals surface area contributed by atoms with Crippen molar-refractivity contribution in [2.45, 2.75) is 20.3 Å². The first kappa shape index (κ1) is 10.7. The summed E-state index contributed by atoms with van der Waals surface area (Å²) >= 11 is 0. The number of benzene rings is 1. The summed E-state index contributed by atoms with van der Waals surface area (Å²) in [6, 6.07) is 8.01. The Bertz CT molecular complexity index is 545. The molecule has 0 aliphatic carbocycles. The molecule has 2 heteroatoms. The molecule has 0 aliphatic rings. The number of H-pyrrole nitrogens is 1. The van der Waals surface area contributed by atoms with Gasteiger partial charge in [-0.1, -0.05) is 29.8 Å². The third-order valence-corrected chi connectivity index (χ3v) is 2.68. The first-order valence-corrected chi connectivity index (χ1v) is 5.40. The van der Waals surface area contributed by atoms with Gasteiger partial charge in [0, 0.05) is 10.9 Å². The van der Waals surface area contributed by atoms with Gasteiger partial charge in [-0.25, -0.2) is 0 Å². The summed E-state index contributed by atoms with van der Waals surface area (Å²) < 4.78 is 0. The van der Waals surface area contributed by atoms with E-state index in [2.05, 4.69) is 24.9 Å². The third-order valence-electron chi connectivity index (χ3n) is 2.68. The summed E-state index contributed by atoms with van der Waals surface area (Å²) in [7, 11) is 0. The lowest BCUT2D eigenvalue weighted by molar-refractivity contribution is 0.111. The van der Waals surface area contributed by atoms with E-state index >= 15 is 0 Å². The zero-order valence-electron chi connectivity index (χ0n) is 9.58. The van der Waals surface area contributed by atoms with Gasteiger partial charge in [-0.3, -0.25) is 4.79 Å². The SMILES string of the molecule is CC(C)=CCc1c(C=O)[nH]c2ccccc12. The number of aldehydes is 1. The maximum absolute atomic E-state index is 11.0. The Hall–Kier alpha value is -1.83. The fourth-order valence-electron chi connectivity index (χ4n) is 1.85. The van der Waals surface area contributed by atoms with Crippen LogP contribution in [0.15, 0.2) is 35.9 Å². The summed E-state index contributed by atoms with van der Waals surface area (Å²) in [6.07, 6.45) is 3.84. The molecule has 0 bridgehead atoms. The molecule has 0 unspecified atom stereocenters. The zero-order valence-corrected chi connectivity index (χ0v) is 9.58. The van der Waals surface area contributed by atoms with E-state index < -0.39 is 0 Å². The Morgan fingerprint density at radius 2 is 2.06 bits per heavy atom. The van der Waals surface area contributed by atoms with Gasteiger partial charge in [0.05, 0.1) is 5.69 Å². The summed E-state index contributed by atoms with van der Waals surface area (Å²) in [5.74, 6) is 0. The molecular formula is C14H15NO. The quantitative estimate of drug-likeness (QED) is 0.614. The van der Waals surface area contributed by atoms with E-state index in [1.807, 2.05) is 24.3 Å². The van der Waals surface area contributed by atoms with Crippen molar-refractivity contribution in [2.24, 2.45) is 0 Å². The van der Waals surface area contributed by atoms with Crippen LogP contribution in [0.4, 0.5) is 0 Å². The molecule has 0 spiro atoms. The van der Waals surface area contributed by atoms with Crippen molar-refractivity contribution in [3.05, 3.63) is 47.2 Å². The van der Waals surface area contributed by atoms with Crippen molar-refractivity contribution in [3.8, 4) is 0 Å². The number of carbonyl (C=O) groups is 1. The van der Waals surface area contributed by atoms with Gasteiger partial charge in [0.2, 0.25) is 0 Å². The van der Waals surface area contributed by atoms with Crippen LogP contribution in [0, 0.1) is 0 Å². The minimum atomic E-state index is 0.693. The molecule has 1 N–H and O–H groups in total. The Kier molecular flexibility index (Phi) is 2.91. The van der Waals surface area contributed by atoms with Crippen molar-refractivity contribution >= 4 is 17.2 Å². The van der Waals surface area contributed by atoms with Crippen LogP contribution in [0.25, 0.3) is 10.9 Å². The molecule has 0 atom stereocenters. The van der Waals surface area contributed by atoms with Crippen LogP contribution in [0.3, 0.4) is 0 Å². The van der Waals surface area contributed by atoms with Crippen molar-refractivity contribution < 1.29 is 4.79 Å². The molecule has 1 aromatic heterocycles. The molecule has 2 aromatic rings. The Balaban J connectivity index is 2.55. The minimum absolute atomic E-state index is 0.693. The van der Waals surface area contributed by atoms with Crippen molar-refractivity contribution in [3.63, 3.8) is 0 Å². The molecule has 1 heterocycles. The lowest BCUT2D eigenvalue weighted by Crippen LogP contribution is -1.88. The molecular weight excluding hydrogens is 198 g/mol. The van der Waals surface area contributed by atoms with Crippen molar-refractivity contribution in [1.82, 2.24) is 4.98 Å². The number of hydrogen-bond donors (Lipinski definition) is 1. The highest BCUT2D eigenvalue weighted by molar-refractivity contribution is 5.92. The molecule has 0 saturated carbocycles. The highest BCUT2D eigenvalue weighted by Gasteiger charge is 2.08. The lowest BCUT2D eigenvalue weighted by atomic mass is 10.1. The normalized spacial score (nSPS) is 10.4. The lowest BCUT2D eigenvalue weighted by Gasteiger charge is -1.96. The van der Waals surface area contributed by atoms with Gasteiger partial charge in [0.15, 0.2) is 6.29 Å². The number of hydrogen-bond acceptors (Lipinski definition) is 1. The molecule has 0 amide bonds. The molecule has 1 aromatic carbocycles. The van der Waals surface area contributed by atoms with Crippen LogP contribution in [-0.2, 0) is 6.42 Å². The maximum atomic E-state index is 11.0. The Morgan fingerprint density at radius 3 is 2.75 bits per heavy atom. The number of nitrogens with one attached hydrogen (secondary N) is 1. The number of carbonyl (C=O) groups excluding carboxylic acids is 1. The fourth-order valence-corrected chi connectivity index (χ4v) is 1.85. The van der Waals surface area contributed by atoms with Gasteiger partial charge in [-0.2, -0.15) is 0 Å². The molecule has 16 heavy (non-hydrogen) atoms. The van der Waals surface area contributed by atoms with E-state index in [0.29, 0.717) is 5.69 Å². The monoisotopic (exact) mass is 213 g/mol. The van der Waals surface area contributed by atoms with E-state index in [1.54, 1.807) is 0 Å². The van der Waals surface area contributed by atoms with Gasteiger partial charge in [-0.15, -0.1) is 0 Å². The second kappa shape index (κ2) is 4.35. The number of para-hydroxylation sites is 1. The number of allylic oxidation sites excluding steroid dienone is 2. The van der Waals surface area contributed by atoms with Gasteiger partial charge in [-0.05, 0) is 31.9 Å². The summed E-state index contributed by atoms with van der Waals surface area (Å²) in [6.45, 7) is 4.13. The molecule has 2 rings (SSSR count). The predicted octanol–water partition coefficient (Wildman–Crippen LogP) is 3.49. The van der Waals surface area contributed by atoms with Crippen LogP contribution in [0.1, 0.15) is 29.9 Å². The van der Waals surface area contributed by atoms with Gasteiger partial charge in [0.25, 0.3) is 0 Å².